The summed E-state index contributed by atoms with van der Waals surface area (Å²) in [5.41, 5.74) is 2.24. The van der Waals surface area contributed by atoms with Gasteiger partial charge >= 0.3 is 0 Å². The van der Waals surface area contributed by atoms with Crippen molar-refractivity contribution >= 4 is 11.8 Å². The van der Waals surface area contributed by atoms with E-state index in [2.05, 4.69) is 50.0 Å². The second-order valence-corrected chi connectivity index (χ2v) is 9.32. The molecule has 0 saturated carbocycles. The van der Waals surface area contributed by atoms with E-state index >= 15 is 0 Å². The van der Waals surface area contributed by atoms with Crippen molar-refractivity contribution in [3.63, 3.8) is 0 Å². The van der Waals surface area contributed by atoms with Gasteiger partial charge in [0, 0.05) is 25.6 Å². The first-order chi connectivity index (χ1) is 17.0. The van der Waals surface area contributed by atoms with Crippen molar-refractivity contribution in [2.24, 2.45) is 0 Å². The molecule has 1 N–H and O–H groups in total. The number of carbonyl (C=O) groups excluding carboxylic acids is 2. The average molecular weight is 480 g/mol. The quantitative estimate of drug-likeness (QED) is 0.357. The molecule has 2 aromatic carbocycles. The summed E-state index contributed by atoms with van der Waals surface area (Å²) in [4.78, 5) is 30.6. The van der Waals surface area contributed by atoms with Crippen molar-refractivity contribution in [3.8, 4) is 0 Å². The summed E-state index contributed by atoms with van der Waals surface area (Å²) in [6.45, 7) is 12.7. The van der Waals surface area contributed by atoms with E-state index in [9.17, 15) is 9.59 Å². The Kier molecular flexibility index (Phi) is 13.1. The number of rotatable bonds is 16. The van der Waals surface area contributed by atoms with E-state index in [1.165, 1.54) is 5.56 Å². The zero-order chi connectivity index (χ0) is 25.5. The highest BCUT2D eigenvalue weighted by atomic mass is 16.2. The molecule has 0 heterocycles. The van der Waals surface area contributed by atoms with E-state index in [1.54, 1.807) is 0 Å². The molecule has 2 unspecified atom stereocenters. The van der Waals surface area contributed by atoms with Crippen LogP contribution in [-0.2, 0) is 16.0 Å². The van der Waals surface area contributed by atoms with Crippen molar-refractivity contribution in [2.45, 2.75) is 71.8 Å². The fourth-order valence-electron chi connectivity index (χ4n) is 4.52. The van der Waals surface area contributed by atoms with Crippen LogP contribution in [0, 0.1) is 0 Å². The average Bonchev–Trinajstić information content (AvgIpc) is 2.88. The molecule has 2 aromatic rings. The van der Waals surface area contributed by atoms with E-state index in [0.717, 1.165) is 50.9 Å². The predicted octanol–water partition coefficient (Wildman–Crippen LogP) is 5.27. The van der Waals surface area contributed by atoms with Crippen LogP contribution < -0.4 is 5.32 Å². The van der Waals surface area contributed by atoms with E-state index in [4.69, 9.17) is 0 Å². The molecule has 2 amide bonds. The summed E-state index contributed by atoms with van der Waals surface area (Å²) < 4.78 is 0. The minimum atomic E-state index is -0.186. The highest BCUT2D eigenvalue weighted by molar-refractivity contribution is 5.84. The normalized spacial score (nSPS) is 12.8. The number of hydrogen-bond donors (Lipinski definition) is 1. The van der Waals surface area contributed by atoms with E-state index in [1.807, 2.05) is 53.4 Å². The molecule has 5 nitrogen and oxygen atoms in total. The highest BCUT2D eigenvalue weighted by Gasteiger charge is 2.25. The summed E-state index contributed by atoms with van der Waals surface area (Å²) >= 11 is 0. The van der Waals surface area contributed by atoms with Crippen LogP contribution in [0.15, 0.2) is 60.7 Å². The number of hydrogen-bond acceptors (Lipinski definition) is 3. The Bertz CT molecular complexity index is 852. The zero-order valence-corrected chi connectivity index (χ0v) is 22.2. The van der Waals surface area contributed by atoms with Gasteiger partial charge < -0.3 is 15.1 Å². The highest BCUT2D eigenvalue weighted by Crippen LogP contribution is 2.22. The number of benzene rings is 2. The molecule has 0 aromatic heterocycles. The lowest BCUT2D eigenvalue weighted by atomic mass is 9.94. The Morgan fingerprint density at radius 3 is 2.09 bits per heavy atom. The number of carbonyl (C=O) groups is 2. The first kappa shape index (κ1) is 28.6. The molecule has 0 fully saturated rings. The molecule has 2 atom stereocenters. The van der Waals surface area contributed by atoms with Gasteiger partial charge in [-0.3, -0.25) is 9.59 Å². The third-order valence-electron chi connectivity index (χ3n) is 6.76. The molecule has 192 valence electrons. The summed E-state index contributed by atoms with van der Waals surface area (Å²) in [5.74, 6) is -0.0608. The Labute approximate surface area is 212 Å². The molecule has 2 rings (SSSR count). The molecular formula is C30H45N3O2. The maximum atomic E-state index is 13.6. The van der Waals surface area contributed by atoms with Crippen LogP contribution in [0.4, 0.5) is 0 Å². The fourth-order valence-corrected chi connectivity index (χ4v) is 4.52. The minimum Gasteiger partial charge on any atom is -0.354 e. The third kappa shape index (κ3) is 10.2. The van der Waals surface area contributed by atoms with Crippen LogP contribution in [0.25, 0.3) is 0 Å². The number of nitrogens with zero attached hydrogens (tertiary/aromatic N) is 2. The van der Waals surface area contributed by atoms with Crippen LogP contribution in [0.2, 0.25) is 0 Å². The largest absolute Gasteiger partial charge is 0.354 e. The van der Waals surface area contributed by atoms with E-state index in [0.29, 0.717) is 19.5 Å². The van der Waals surface area contributed by atoms with Gasteiger partial charge in [0.25, 0.3) is 0 Å². The zero-order valence-electron chi connectivity index (χ0n) is 22.2. The van der Waals surface area contributed by atoms with Crippen LogP contribution in [0.1, 0.15) is 70.4 Å². The van der Waals surface area contributed by atoms with Gasteiger partial charge in [-0.15, -0.1) is 0 Å². The first-order valence-electron chi connectivity index (χ1n) is 13.4. The SMILES string of the molecule is CCC(C(=O)N(CCC(=O)NC(C)CCCN(CC)CC)CCc1ccccc1)c1ccccc1. The van der Waals surface area contributed by atoms with Crippen LogP contribution in [-0.4, -0.2) is 60.4 Å². The molecule has 0 bridgehead atoms. The Morgan fingerprint density at radius 1 is 0.857 bits per heavy atom. The molecule has 0 aliphatic carbocycles. The number of amides is 2. The standard InChI is InChI=1S/C30H45N3O2/c1-5-28(27-18-12-9-13-19-27)30(35)33(23-20-26-16-10-8-11-17-26)24-21-29(34)31-25(4)15-14-22-32(6-2)7-3/h8-13,16-19,25,28H,5-7,14-15,20-24H2,1-4H3,(H,31,34). The van der Waals surface area contributed by atoms with Crippen LogP contribution in [0.3, 0.4) is 0 Å². The number of nitrogens with one attached hydrogen (secondary N) is 1. The van der Waals surface area contributed by atoms with Gasteiger partial charge in [-0.25, -0.2) is 0 Å². The van der Waals surface area contributed by atoms with Gasteiger partial charge in [0.05, 0.1) is 5.92 Å². The van der Waals surface area contributed by atoms with Gasteiger partial charge in [0.1, 0.15) is 0 Å². The van der Waals surface area contributed by atoms with Gasteiger partial charge in [-0.1, -0.05) is 81.4 Å². The molecule has 0 aliphatic rings. The molecule has 5 heteroatoms. The minimum absolute atomic E-state index is 0.0191. The molecule has 0 saturated heterocycles. The van der Waals surface area contributed by atoms with Crippen molar-refractivity contribution in [3.05, 3.63) is 71.8 Å². The second kappa shape index (κ2) is 16.1. The molecule has 0 aliphatic heterocycles. The van der Waals surface area contributed by atoms with Crippen LogP contribution in [0.5, 0.6) is 0 Å². The van der Waals surface area contributed by atoms with Gasteiger partial charge in [-0.05, 0) is 63.4 Å². The topological polar surface area (TPSA) is 52.7 Å². The van der Waals surface area contributed by atoms with Gasteiger partial charge in [-0.2, -0.15) is 0 Å². The molecule has 0 spiro atoms. The van der Waals surface area contributed by atoms with Crippen molar-refractivity contribution in [1.82, 2.24) is 15.1 Å². The lowest BCUT2D eigenvalue weighted by molar-refractivity contribution is -0.133. The summed E-state index contributed by atoms with van der Waals surface area (Å²) in [6.07, 6.45) is 3.87. The summed E-state index contributed by atoms with van der Waals surface area (Å²) in [7, 11) is 0. The summed E-state index contributed by atoms with van der Waals surface area (Å²) in [5, 5.41) is 3.14. The Hall–Kier alpha value is -2.66. The monoisotopic (exact) mass is 479 g/mol. The predicted molar refractivity (Wildman–Crippen MR) is 145 cm³/mol. The Balaban J connectivity index is 1.95. The summed E-state index contributed by atoms with van der Waals surface area (Å²) in [6, 6.07) is 20.3. The third-order valence-corrected chi connectivity index (χ3v) is 6.76. The lowest BCUT2D eigenvalue weighted by Gasteiger charge is -2.27. The van der Waals surface area contributed by atoms with Crippen molar-refractivity contribution in [2.75, 3.05) is 32.7 Å². The maximum absolute atomic E-state index is 13.6. The smallest absolute Gasteiger partial charge is 0.230 e. The second-order valence-electron chi connectivity index (χ2n) is 9.32. The van der Waals surface area contributed by atoms with Crippen molar-refractivity contribution < 1.29 is 9.59 Å². The van der Waals surface area contributed by atoms with Gasteiger partial charge in [0.2, 0.25) is 11.8 Å². The molecule has 35 heavy (non-hydrogen) atoms. The van der Waals surface area contributed by atoms with Crippen molar-refractivity contribution in [1.29, 1.82) is 0 Å². The van der Waals surface area contributed by atoms with Crippen LogP contribution >= 0.6 is 0 Å². The van der Waals surface area contributed by atoms with E-state index < -0.39 is 0 Å². The van der Waals surface area contributed by atoms with Gasteiger partial charge in [0.15, 0.2) is 0 Å². The first-order valence-corrected chi connectivity index (χ1v) is 13.4. The fraction of sp³-hybridized carbons (Fsp3) is 0.533. The Morgan fingerprint density at radius 2 is 1.49 bits per heavy atom. The lowest BCUT2D eigenvalue weighted by Crippen LogP contribution is -2.40. The molecule has 0 radical (unpaired) electrons. The van der Waals surface area contributed by atoms with E-state index in [-0.39, 0.29) is 23.8 Å². The molecular weight excluding hydrogens is 434 g/mol. The maximum Gasteiger partial charge on any atom is 0.230 e.